The highest BCUT2D eigenvalue weighted by molar-refractivity contribution is 6.30. The van der Waals surface area contributed by atoms with Gasteiger partial charge in [0.25, 0.3) is 0 Å². The molecular weight excluding hydrogens is 332 g/mol. The fourth-order valence-electron chi connectivity index (χ4n) is 3.47. The minimum atomic E-state index is 0.651. The molecule has 4 heteroatoms. The van der Waals surface area contributed by atoms with Crippen molar-refractivity contribution in [2.24, 2.45) is 5.16 Å². The number of benzene rings is 2. The Morgan fingerprint density at radius 3 is 2.40 bits per heavy atom. The first-order chi connectivity index (χ1) is 12.0. The predicted molar refractivity (Wildman–Crippen MR) is 105 cm³/mol. The van der Waals surface area contributed by atoms with Crippen LogP contribution in [0.4, 0.5) is 0 Å². The molecule has 0 spiro atoms. The number of pyridine rings is 1. The highest BCUT2D eigenvalue weighted by atomic mass is 35.5. The Balaban J connectivity index is 2.40. The van der Waals surface area contributed by atoms with Gasteiger partial charge in [0.05, 0.1) is 11.2 Å². The maximum Gasteiger partial charge on any atom is 0.0872 e. The van der Waals surface area contributed by atoms with Crippen LogP contribution in [0.25, 0.3) is 22.0 Å². The van der Waals surface area contributed by atoms with Gasteiger partial charge >= 0.3 is 0 Å². The Kier molecular flexibility index (Phi) is 4.78. The van der Waals surface area contributed by atoms with Gasteiger partial charge in [-0.05, 0) is 62.1 Å². The quantitative estimate of drug-likeness (QED) is 0.353. The minimum absolute atomic E-state index is 0.651. The van der Waals surface area contributed by atoms with E-state index < -0.39 is 0 Å². The molecule has 0 atom stereocenters. The number of halogens is 1. The smallest absolute Gasteiger partial charge is 0.0872 e. The van der Waals surface area contributed by atoms with Crippen molar-refractivity contribution in [1.82, 2.24) is 4.98 Å². The van der Waals surface area contributed by atoms with Gasteiger partial charge in [0.15, 0.2) is 0 Å². The van der Waals surface area contributed by atoms with Crippen LogP contribution in [0.15, 0.2) is 41.6 Å². The van der Waals surface area contributed by atoms with Gasteiger partial charge in [-0.2, -0.15) is 0 Å². The average Bonchev–Trinajstić information content (AvgIpc) is 2.55. The van der Waals surface area contributed by atoms with Crippen molar-refractivity contribution in [3.8, 4) is 11.1 Å². The van der Waals surface area contributed by atoms with Crippen LogP contribution in [0, 0.1) is 20.8 Å². The predicted octanol–water partition coefficient (Wildman–Crippen LogP) is 6.07. The van der Waals surface area contributed by atoms with Crippen molar-refractivity contribution in [1.29, 1.82) is 0 Å². The van der Waals surface area contributed by atoms with E-state index in [1.807, 2.05) is 44.2 Å². The third kappa shape index (κ3) is 3.12. The number of oxime groups is 1. The van der Waals surface area contributed by atoms with Crippen molar-refractivity contribution in [2.75, 3.05) is 0 Å². The summed E-state index contributed by atoms with van der Waals surface area (Å²) in [5.74, 6) is 0. The number of hydrogen-bond acceptors (Lipinski definition) is 3. The summed E-state index contributed by atoms with van der Waals surface area (Å²) in [6, 6.07) is 12.1. The van der Waals surface area contributed by atoms with E-state index in [1.54, 1.807) is 0 Å². The Morgan fingerprint density at radius 1 is 1.12 bits per heavy atom. The maximum absolute atomic E-state index is 9.39. The highest BCUT2D eigenvalue weighted by Crippen LogP contribution is 2.35. The SMILES string of the molecule is CC/C(=N\O)c1cc(C)nc2c(-c3c(C)cc(Cl)cc3C)cccc12. The number of nitrogens with zero attached hydrogens (tertiary/aromatic N) is 2. The number of fused-ring (bicyclic) bond motifs is 1. The summed E-state index contributed by atoms with van der Waals surface area (Å²) in [6.07, 6.45) is 0.651. The van der Waals surface area contributed by atoms with E-state index in [0.717, 1.165) is 49.4 Å². The molecule has 0 amide bonds. The van der Waals surface area contributed by atoms with E-state index in [4.69, 9.17) is 16.6 Å². The van der Waals surface area contributed by atoms with Crippen LogP contribution >= 0.6 is 11.6 Å². The summed E-state index contributed by atoms with van der Waals surface area (Å²) in [4.78, 5) is 4.80. The zero-order valence-electron chi connectivity index (χ0n) is 14.9. The molecule has 1 aromatic heterocycles. The first-order valence-electron chi connectivity index (χ1n) is 8.35. The van der Waals surface area contributed by atoms with Gasteiger partial charge in [0.2, 0.25) is 0 Å². The molecule has 1 heterocycles. The number of aromatic nitrogens is 1. The van der Waals surface area contributed by atoms with E-state index in [-0.39, 0.29) is 0 Å². The van der Waals surface area contributed by atoms with Gasteiger partial charge in [0.1, 0.15) is 0 Å². The van der Waals surface area contributed by atoms with Gasteiger partial charge in [-0.25, -0.2) is 0 Å². The molecule has 0 saturated heterocycles. The molecule has 3 aromatic rings. The normalized spacial score (nSPS) is 12.0. The molecule has 0 radical (unpaired) electrons. The van der Waals surface area contributed by atoms with Crippen molar-refractivity contribution in [3.05, 3.63) is 63.8 Å². The van der Waals surface area contributed by atoms with E-state index >= 15 is 0 Å². The molecule has 0 bridgehead atoms. The lowest BCUT2D eigenvalue weighted by Crippen LogP contribution is -2.03. The third-order valence-electron chi connectivity index (χ3n) is 4.50. The standard InChI is InChI=1S/C21H21ClN2O/c1-5-19(24-25)18-11-14(4)23-21-16(18)7-6-8-17(21)20-12(2)9-15(22)10-13(20)3/h6-11,25H,5H2,1-4H3/b24-19+. The van der Waals surface area contributed by atoms with Crippen LogP contribution in [0.5, 0.6) is 0 Å². The first kappa shape index (κ1) is 17.4. The average molecular weight is 353 g/mol. The van der Waals surface area contributed by atoms with Crippen LogP contribution in [0.2, 0.25) is 5.02 Å². The summed E-state index contributed by atoms with van der Waals surface area (Å²) in [6.45, 7) is 8.08. The van der Waals surface area contributed by atoms with Crippen molar-refractivity contribution in [3.63, 3.8) is 0 Å². The molecule has 0 aliphatic rings. The van der Waals surface area contributed by atoms with Crippen molar-refractivity contribution >= 4 is 28.2 Å². The summed E-state index contributed by atoms with van der Waals surface area (Å²) in [7, 11) is 0. The molecule has 1 N–H and O–H groups in total. The molecule has 0 fully saturated rings. The van der Waals surface area contributed by atoms with Gasteiger partial charge in [-0.3, -0.25) is 4.98 Å². The highest BCUT2D eigenvalue weighted by Gasteiger charge is 2.15. The monoisotopic (exact) mass is 352 g/mol. The largest absolute Gasteiger partial charge is 0.411 e. The molecule has 2 aromatic carbocycles. The molecule has 0 unspecified atom stereocenters. The first-order valence-corrected chi connectivity index (χ1v) is 8.72. The minimum Gasteiger partial charge on any atom is -0.411 e. The third-order valence-corrected chi connectivity index (χ3v) is 4.72. The van der Waals surface area contributed by atoms with E-state index in [9.17, 15) is 5.21 Å². The van der Waals surface area contributed by atoms with Crippen LogP contribution in [0.1, 0.15) is 35.7 Å². The van der Waals surface area contributed by atoms with E-state index in [1.165, 1.54) is 0 Å². The number of rotatable bonds is 3. The van der Waals surface area contributed by atoms with Crippen LogP contribution in [0.3, 0.4) is 0 Å². The van der Waals surface area contributed by atoms with E-state index in [2.05, 4.69) is 25.1 Å². The second-order valence-corrected chi connectivity index (χ2v) is 6.76. The number of aryl methyl sites for hydroxylation is 3. The molecular formula is C21H21ClN2O. The van der Waals surface area contributed by atoms with Gasteiger partial charge in [-0.15, -0.1) is 0 Å². The van der Waals surface area contributed by atoms with Gasteiger partial charge < -0.3 is 5.21 Å². The van der Waals surface area contributed by atoms with Gasteiger partial charge in [-0.1, -0.05) is 41.9 Å². The fraction of sp³-hybridized carbons (Fsp3) is 0.238. The Hall–Kier alpha value is -2.39. The van der Waals surface area contributed by atoms with E-state index in [0.29, 0.717) is 12.1 Å². The van der Waals surface area contributed by atoms with Crippen LogP contribution in [-0.4, -0.2) is 15.9 Å². The molecule has 25 heavy (non-hydrogen) atoms. The van der Waals surface area contributed by atoms with Crippen LogP contribution in [-0.2, 0) is 0 Å². The Labute approximate surface area is 153 Å². The van der Waals surface area contributed by atoms with Crippen molar-refractivity contribution < 1.29 is 5.21 Å². The summed E-state index contributed by atoms with van der Waals surface area (Å²) >= 11 is 6.20. The number of hydrogen-bond donors (Lipinski definition) is 1. The summed E-state index contributed by atoms with van der Waals surface area (Å²) in [5.41, 5.74) is 7.87. The molecule has 0 aliphatic carbocycles. The Morgan fingerprint density at radius 2 is 1.80 bits per heavy atom. The maximum atomic E-state index is 9.39. The lowest BCUT2D eigenvalue weighted by Gasteiger charge is -2.15. The topological polar surface area (TPSA) is 45.5 Å². The molecule has 0 saturated carbocycles. The van der Waals surface area contributed by atoms with Crippen LogP contribution < -0.4 is 0 Å². The molecule has 3 nitrogen and oxygen atoms in total. The second-order valence-electron chi connectivity index (χ2n) is 6.33. The van der Waals surface area contributed by atoms with Gasteiger partial charge in [0, 0.05) is 27.2 Å². The molecule has 0 aliphatic heterocycles. The summed E-state index contributed by atoms with van der Waals surface area (Å²) < 4.78 is 0. The zero-order valence-corrected chi connectivity index (χ0v) is 15.6. The Bertz CT molecular complexity index is 970. The van der Waals surface area contributed by atoms with Crippen molar-refractivity contribution in [2.45, 2.75) is 34.1 Å². The fourth-order valence-corrected chi connectivity index (χ4v) is 3.79. The lowest BCUT2D eigenvalue weighted by molar-refractivity contribution is 0.318. The number of para-hydroxylation sites is 1. The molecule has 3 rings (SSSR count). The lowest BCUT2D eigenvalue weighted by atomic mass is 9.92. The summed E-state index contributed by atoms with van der Waals surface area (Å²) in [5, 5.41) is 14.6. The molecule has 128 valence electrons. The second kappa shape index (κ2) is 6.85. The zero-order chi connectivity index (χ0) is 18.1.